The van der Waals surface area contributed by atoms with E-state index in [-0.39, 0.29) is 0 Å². The second-order valence-electron chi connectivity index (χ2n) is 3.56. The van der Waals surface area contributed by atoms with E-state index in [4.69, 9.17) is 0 Å². The van der Waals surface area contributed by atoms with Gasteiger partial charge in [0, 0.05) is 31.9 Å². The lowest BCUT2D eigenvalue weighted by molar-refractivity contribution is 0.565. The molecule has 0 saturated heterocycles. The Balaban J connectivity index is 2.13. The molecule has 1 atom stereocenters. The lowest BCUT2D eigenvalue weighted by Crippen LogP contribution is -2.19. The van der Waals surface area contributed by atoms with Crippen molar-refractivity contribution in [3.05, 3.63) is 40.6 Å². The number of nitrogens with one attached hydrogen (secondary N) is 1. The predicted molar refractivity (Wildman–Crippen MR) is 63.0 cm³/mol. The van der Waals surface area contributed by atoms with Crippen molar-refractivity contribution in [3.8, 4) is 0 Å². The first-order valence-corrected chi connectivity index (χ1v) is 5.91. The monoisotopic (exact) mass is 221 g/mol. The fourth-order valence-electron chi connectivity index (χ4n) is 1.64. The molecule has 2 aromatic rings. The zero-order chi connectivity index (χ0) is 10.7. The van der Waals surface area contributed by atoms with E-state index < -0.39 is 0 Å². The van der Waals surface area contributed by atoms with E-state index in [1.807, 2.05) is 26.5 Å². The molecule has 4 heteroatoms. The Labute approximate surface area is 93.8 Å². The van der Waals surface area contributed by atoms with Gasteiger partial charge in [0.2, 0.25) is 0 Å². The van der Waals surface area contributed by atoms with Crippen LogP contribution in [0.1, 0.15) is 17.4 Å². The van der Waals surface area contributed by atoms with Gasteiger partial charge in [-0.3, -0.25) is 0 Å². The normalized spacial score (nSPS) is 12.9. The summed E-state index contributed by atoms with van der Waals surface area (Å²) in [5, 5.41) is 7.62. The van der Waals surface area contributed by atoms with Crippen LogP contribution in [-0.4, -0.2) is 16.6 Å². The minimum atomic E-state index is 0.359. The van der Waals surface area contributed by atoms with Crippen molar-refractivity contribution in [1.29, 1.82) is 0 Å². The smallest absolute Gasteiger partial charge is 0.110 e. The summed E-state index contributed by atoms with van der Waals surface area (Å²) in [7, 11) is 4.02. The zero-order valence-electron chi connectivity index (χ0n) is 8.97. The van der Waals surface area contributed by atoms with Gasteiger partial charge in [0.05, 0.1) is 0 Å². The van der Waals surface area contributed by atoms with Crippen LogP contribution in [0.15, 0.2) is 29.2 Å². The van der Waals surface area contributed by atoms with E-state index in [1.165, 1.54) is 5.56 Å². The van der Waals surface area contributed by atoms with Crippen molar-refractivity contribution < 1.29 is 0 Å². The fourth-order valence-corrected chi connectivity index (χ4v) is 2.35. The van der Waals surface area contributed by atoms with Gasteiger partial charge in [0.25, 0.3) is 0 Å². The van der Waals surface area contributed by atoms with Gasteiger partial charge in [-0.25, -0.2) is 4.98 Å². The van der Waals surface area contributed by atoms with Crippen LogP contribution in [0, 0.1) is 0 Å². The Morgan fingerprint density at radius 3 is 3.00 bits per heavy atom. The molecule has 80 valence electrons. The zero-order valence-corrected chi connectivity index (χ0v) is 9.79. The van der Waals surface area contributed by atoms with Crippen molar-refractivity contribution in [2.24, 2.45) is 7.05 Å². The molecule has 0 aliphatic rings. The number of rotatable bonds is 4. The largest absolute Gasteiger partial charge is 0.338 e. The number of hydrogen-bond acceptors (Lipinski definition) is 3. The molecule has 0 spiro atoms. The van der Waals surface area contributed by atoms with Crippen LogP contribution in [0.4, 0.5) is 0 Å². The standard InChI is InChI=1S/C11H15N3S/c1-12-10(9-3-6-15-8-9)7-11-13-4-5-14(11)2/h3-6,8,10,12H,7H2,1-2H3. The third-order valence-electron chi connectivity index (χ3n) is 2.60. The summed E-state index contributed by atoms with van der Waals surface area (Å²) < 4.78 is 2.07. The van der Waals surface area contributed by atoms with Crippen LogP contribution in [0.3, 0.4) is 0 Å². The molecule has 0 bridgehead atoms. The number of aromatic nitrogens is 2. The summed E-state index contributed by atoms with van der Waals surface area (Å²) in [5.41, 5.74) is 1.34. The maximum Gasteiger partial charge on any atom is 0.110 e. The van der Waals surface area contributed by atoms with Crippen molar-refractivity contribution in [3.63, 3.8) is 0 Å². The first kappa shape index (κ1) is 10.4. The molecule has 2 heterocycles. The lowest BCUT2D eigenvalue weighted by atomic mass is 10.1. The topological polar surface area (TPSA) is 29.9 Å². The molecule has 1 unspecified atom stereocenters. The summed E-state index contributed by atoms with van der Waals surface area (Å²) >= 11 is 1.73. The molecule has 1 N–H and O–H groups in total. The number of imidazole rings is 1. The van der Waals surface area contributed by atoms with Gasteiger partial charge in [-0.1, -0.05) is 0 Å². The number of likely N-dealkylation sites (N-methyl/N-ethyl adjacent to an activating group) is 1. The highest BCUT2D eigenvalue weighted by Crippen LogP contribution is 2.19. The van der Waals surface area contributed by atoms with Crippen molar-refractivity contribution >= 4 is 11.3 Å². The molecular formula is C11H15N3S. The molecular weight excluding hydrogens is 206 g/mol. The summed E-state index contributed by atoms with van der Waals surface area (Å²) in [6.45, 7) is 0. The van der Waals surface area contributed by atoms with Crippen LogP contribution < -0.4 is 5.32 Å². The highest BCUT2D eigenvalue weighted by molar-refractivity contribution is 7.07. The Morgan fingerprint density at radius 2 is 2.47 bits per heavy atom. The lowest BCUT2D eigenvalue weighted by Gasteiger charge is -2.14. The first-order chi connectivity index (χ1) is 7.31. The average Bonchev–Trinajstić information content (AvgIpc) is 2.86. The number of aryl methyl sites for hydroxylation is 1. The number of nitrogens with zero attached hydrogens (tertiary/aromatic N) is 2. The minimum absolute atomic E-state index is 0.359. The van der Waals surface area contributed by atoms with Crippen LogP contribution in [0.5, 0.6) is 0 Å². The van der Waals surface area contributed by atoms with Crippen LogP contribution >= 0.6 is 11.3 Å². The van der Waals surface area contributed by atoms with Gasteiger partial charge in [-0.2, -0.15) is 11.3 Å². The van der Waals surface area contributed by atoms with Gasteiger partial charge >= 0.3 is 0 Å². The van der Waals surface area contributed by atoms with Crippen molar-refractivity contribution in [1.82, 2.24) is 14.9 Å². The summed E-state index contributed by atoms with van der Waals surface area (Å²) in [4.78, 5) is 4.34. The molecule has 0 aromatic carbocycles. The second-order valence-corrected chi connectivity index (χ2v) is 4.34. The Kier molecular flexibility index (Phi) is 3.18. The van der Waals surface area contributed by atoms with Crippen LogP contribution in [-0.2, 0) is 13.5 Å². The number of hydrogen-bond donors (Lipinski definition) is 1. The van der Waals surface area contributed by atoms with Crippen LogP contribution in [0.25, 0.3) is 0 Å². The van der Waals surface area contributed by atoms with Gasteiger partial charge < -0.3 is 9.88 Å². The van der Waals surface area contributed by atoms with Crippen LogP contribution in [0.2, 0.25) is 0 Å². The first-order valence-electron chi connectivity index (χ1n) is 4.97. The van der Waals surface area contributed by atoms with Gasteiger partial charge in [0.15, 0.2) is 0 Å². The number of thiophene rings is 1. The molecule has 15 heavy (non-hydrogen) atoms. The van der Waals surface area contributed by atoms with E-state index in [1.54, 1.807) is 11.3 Å². The third-order valence-corrected chi connectivity index (χ3v) is 3.30. The third kappa shape index (κ3) is 2.27. The quantitative estimate of drug-likeness (QED) is 0.855. The van der Waals surface area contributed by atoms with E-state index >= 15 is 0 Å². The van der Waals surface area contributed by atoms with E-state index in [2.05, 4.69) is 31.7 Å². The predicted octanol–water partition coefficient (Wildman–Crippen LogP) is 1.98. The molecule has 0 fully saturated rings. The molecule has 2 rings (SSSR count). The highest BCUT2D eigenvalue weighted by atomic mass is 32.1. The van der Waals surface area contributed by atoms with Gasteiger partial charge in [-0.15, -0.1) is 0 Å². The molecule has 0 amide bonds. The van der Waals surface area contributed by atoms with E-state index in [9.17, 15) is 0 Å². The van der Waals surface area contributed by atoms with Crippen molar-refractivity contribution in [2.45, 2.75) is 12.5 Å². The molecule has 0 aliphatic heterocycles. The van der Waals surface area contributed by atoms with Crippen molar-refractivity contribution in [2.75, 3.05) is 7.05 Å². The van der Waals surface area contributed by atoms with Gasteiger partial charge in [0.1, 0.15) is 5.82 Å². The summed E-state index contributed by atoms with van der Waals surface area (Å²) in [6.07, 6.45) is 4.75. The van der Waals surface area contributed by atoms with E-state index in [0.29, 0.717) is 6.04 Å². The maximum atomic E-state index is 4.34. The average molecular weight is 221 g/mol. The highest BCUT2D eigenvalue weighted by Gasteiger charge is 2.12. The Hall–Kier alpha value is -1.13. The summed E-state index contributed by atoms with van der Waals surface area (Å²) in [5.74, 6) is 1.11. The summed E-state index contributed by atoms with van der Waals surface area (Å²) in [6, 6.07) is 2.52. The SMILES string of the molecule is CNC(Cc1nccn1C)c1ccsc1. The molecule has 3 nitrogen and oxygen atoms in total. The second kappa shape index (κ2) is 4.59. The molecule has 2 aromatic heterocycles. The van der Waals surface area contributed by atoms with E-state index in [0.717, 1.165) is 12.2 Å². The van der Waals surface area contributed by atoms with Gasteiger partial charge in [-0.05, 0) is 29.4 Å². The molecule has 0 saturated carbocycles. The fraction of sp³-hybridized carbons (Fsp3) is 0.364. The maximum absolute atomic E-state index is 4.34. The Bertz CT molecular complexity index is 405. The Morgan fingerprint density at radius 1 is 1.60 bits per heavy atom. The molecule has 0 aliphatic carbocycles. The molecule has 0 radical (unpaired) electrons. The minimum Gasteiger partial charge on any atom is -0.338 e.